The molecule has 0 unspecified atom stereocenters. The van der Waals surface area contributed by atoms with Crippen LogP contribution in [0.25, 0.3) is 0 Å². The van der Waals surface area contributed by atoms with Crippen LogP contribution in [0.3, 0.4) is 0 Å². The van der Waals surface area contributed by atoms with Gasteiger partial charge in [0.1, 0.15) is 0 Å². The number of hydrogen-bond acceptors (Lipinski definition) is 1. The lowest BCUT2D eigenvalue weighted by molar-refractivity contribution is 0.568. The molecule has 2 heteroatoms. The van der Waals surface area contributed by atoms with Gasteiger partial charge in [0, 0.05) is 31.0 Å². The molecule has 1 aromatic carbocycles. The summed E-state index contributed by atoms with van der Waals surface area (Å²) in [4.78, 5) is 0. The number of benzene rings is 1. The second-order valence-corrected chi connectivity index (χ2v) is 5.79. The zero-order chi connectivity index (χ0) is 13.6. The number of hydrogen-bond donors (Lipinski definition) is 1. The van der Waals surface area contributed by atoms with Crippen LogP contribution in [-0.2, 0) is 19.5 Å². The Morgan fingerprint density at radius 1 is 1.00 bits per heavy atom. The molecule has 1 saturated carbocycles. The maximum atomic E-state index is 3.59. The number of aryl methyl sites for hydroxylation is 2. The summed E-state index contributed by atoms with van der Waals surface area (Å²) >= 11 is 0. The molecule has 1 heterocycles. The number of nitrogens with one attached hydrogen (secondary N) is 1. The molecule has 1 fully saturated rings. The monoisotopic (exact) mass is 268 g/mol. The van der Waals surface area contributed by atoms with Crippen molar-refractivity contribution in [2.45, 2.75) is 51.2 Å². The van der Waals surface area contributed by atoms with Gasteiger partial charge in [0.2, 0.25) is 0 Å². The molecule has 1 aliphatic rings. The standard InChI is InChI=1S/C18H24N2/c1-2-7-16(8-3-1)9-4-5-13-20-14-6-10-18(20)15-19-17-11-12-17/h1-3,6-8,10,14,17,19H,4-5,9,11-13,15H2. The van der Waals surface area contributed by atoms with Gasteiger partial charge >= 0.3 is 0 Å². The average molecular weight is 268 g/mol. The summed E-state index contributed by atoms with van der Waals surface area (Å²) in [6, 6.07) is 16.0. The van der Waals surface area contributed by atoms with Crippen LogP contribution >= 0.6 is 0 Å². The van der Waals surface area contributed by atoms with Gasteiger partial charge in [-0.1, -0.05) is 30.3 Å². The van der Waals surface area contributed by atoms with Crippen LogP contribution in [0.15, 0.2) is 48.7 Å². The van der Waals surface area contributed by atoms with Crippen LogP contribution in [0.4, 0.5) is 0 Å². The molecule has 0 amide bonds. The van der Waals surface area contributed by atoms with Gasteiger partial charge in [0.05, 0.1) is 0 Å². The maximum Gasteiger partial charge on any atom is 0.0361 e. The average Bonchev–Trinajstić information content (AvgIpc) is 3.21. The van der Waals surface area contributed by atoms with E-state index in [-0.39, 0.29) is 0 Å². The highest BCUT2D eigenvalue weighted by molar-refractivity contribution is 5.14. The summed E-state index contributed by atoms with van der Waals surface area (Å²) in [5, 5.41) is 3.59. The van der Waals surface area contributed by atoms with Crippen molar-refractivity contribution in [1.29, 1.82) is 0 Å². The highest BCUT2D eigenvalue weighted by Gasteiger charge is 2.20. The molecule has 2 aromatic rings. The summed E-state index contributed by atoms with van der Waals surface area (Å²) in [6.45, 7) is 2.16. The van der Waals surface area contributed by atoms with Gasteiger partial charge in [-0.25, -0.2) is 0 Å². The minimum atomic E-state index is 0.788. The molecule has 1 aliphatic carbocycles. The fourth-order valence-corrected chi connectivity index (χ4v) is 2.62. The van der Waals surface area contributed by atoms with Gasteiger partial charge in [-0.2, -0.15) is 0 Å². The van der Waals surface area contributed by atoms with E-state index in [4.69, 9.17) is 0 Å². The van der Waals surface area contributed by atoms with E-state index >= 15 is 0 Å². The molecule has 1 aromatic heterocycles. The Morgan fingerprint density at radius 2 is 1.85 bits per heavy atom. The molecule has 0 aliphatic heterocycles. The van der Waals surface area contributed by atoms with Gasteiger partial charge in [-0.15, -0.1) is 0 Å². The van der Waals surface area contributed by atoms with Gasteiger partial charge in [0.15, 0.2) is 0 Å². The smallest absolute Gasteiger partial charge is 0.0361 e. The van der Waals surface area contributed by atoms with Crippen LogP contribution in [0.1, 0.15) is 36.9 Å². The van der Waals surface area contributed by atoms with Crippen LogP contribution in [-0.4, -0.2) is 10.6 Å². The fourth-order valence-electron chi connectivity index (χ4n) is 2.62. The highest BCUT2D eigenvalue weighted by Crippen LogP contribution is 2.19. The predicted molar refractivity (Wildman–Crippen MR) is 83.7 cm³/mol. The second kappa shape index (κ2) is 6.76. The first-order valence-electron chi connectivity index (χ1n) is 7.83. The lowest BCUT2D eigenvalue weighted by atomic mass is 10.1. The molecule has 0 bridgehead atoms. The Balaban J connectivity index is 1.40. The molecular weight excluding hydrogens is 244 g/mol. The fraction of sp³-hybridized carbons (Fsp3) is 0.444. The van der Waals surface area contributed by atoms with Gasteiger partial charge < -0.3 is 9.88 Å². The van der Waals surface area contributed by atoms with Crippen molar-refractivity contribution in [2.75, 3.05) is 0 Å². The zero-order valence-corrected chi connectivity index (χ0v) is 12.1. The molecule has 2 nitrogen and oxygen atoms in total. The Morgan fingerprint density at radius 3 is 2.65 bits per heavy atom. The van der Waals surface area contributed by atoms with Crippen molar-refractivity contribution < 1.29 is 0 Å². The normalized spacial score (nSPS) is 14.6. The van der Waals surface area contributed by atoms with Crippen LogP contribution in [0.5, 0.6) is 0 Å². The van der Waals surface area contributed by atoms with E-state index in [0.717, 1.165) is 19.1 Å². The first kappa shape index (κ1) is 13.4. The summed E-state index contributed by atoms with van der Waals surface area (Å²) in [5.74, 6) is 0. The van der Waals surface area contributed by atoms with Crippen molar-refractivity contribution in [3.8, 4) is 0 Å². The molecule has 0 atom stereocenters. The second-order valence-electron chi connectivity index (χ2n) is 5.79. The van der Waals surface area contributed by atoms with E-state index in [1.165, 1.54) is 43.4 Å². The summed E-state index contributed by atoms with van der Waals surface area (Å²) in [6.07, 6.45) is 8.64. The molecule has 20 heavy (non-hydrogen) atoms. The predicted octanol–water partition coefficient (Wildman–Crippen LogP) is 3.76. The first-order valence-corrected chi connectivity index (χ1v) is 7.83. The van der Waals surface area contributed by atoms with E-state index < -0.39 is 0 Å². The molecule has 0 spiro atoms. The van der Waals surface area contributed by atoms with Gasteiger partial charge in [-0.05, 0) is 49.8 Å². The zero-order valence-electron chi connectivity index (χ0n) is 12.1. The third kappa shape index (κ3) is 3.97. The van der Waals surface area contributed by atoms with E-state index in [1.54, 1.807) is 0 Å². The Kier molecular flexibility index (Phi) is 4.54. The highest BCUT2D eigenvalue weighted by atomic mass is 15.0. The molecular formula is C18H24N2. The lowest BCUT2D eigenvalue weighted by Gasteiger charge is -2.10. The SMILES string of the molecule is c1ccc(CCCCn2cccc2CNC2CC2)cc1. The minimum absolute atomic E-state index is 0.788. The van der Waals surface area contributed by atoms with E-state index in [1.807, 2.05) is 0 Å². The number of nitrogens with zero attached hydrogens (tertiary/aromatic N) is 1. The summed E-state index contributed by atoms with van der Waals surface area (Å²) < 4.78 is 2.40. The molecule has 3 rings (SSSR count). The van der Waals surface area contributed by atoms with Crippen molar-refractivity contribution in [3.63, 3.8) is 0 Å². The third-order valence-corrected chi connectivity index (χ3v) is 4.03. The lowest BCUT2D eigenvalue weighted by Crippen LogP contribution is -2.18. The summed E-state index contributed by atoms with van der Waals surface area (Å²) in [7, 11) is 0. The largest absolute Gasteiger partial charge is 0.350 e. The maximum absolute atomic E-state index is 3.59. The first-order chi connectivity index (χ1) is 9.92. The Bertz CT molecular complexity index is 511. The van der Waals surface area contributed by atoms with Crippen LogP contribution < -0.4 is 5.32 Å². The van der Waals surface area contributed by atoms with Gasteiger partial charge in [0.25, 0.3) is 0 Å². The third-order valence-electron chi connectivity index (χ3n) is 4.03. The molecule has 0 saturated heterocycles. The van der Waals surface area contributed by atoms with E-state index in [9.17, 15) is 0 Å². The number of rotatable bonds is 8. The van der Waals surface area contributed by atoms with Crippen molar-refractivity contribution in [1.82, 2.24) is 9.88 Å². The number of unbranched alkanes of at least 4 members (excludes halogenated alkanes) is 1. The van der Waals surface area contributed by atoms with Gasteiger partial charge in [-0.3, -0.25) is 0 Å². The minimum Gasteiger partial charge on any atom is -0.350 e. The van der Waals surface area contributed by atoms with Crippen LogP contribution in [0, 0.1) is 0 Å². The Hall–Kier alpha value is -1.54. The number of aromatic nitrogens is 1. The van der Waals surface area contributed by atoms with Crippen molar-refractivity contribution in [2.24, 2.45) is 0 Å². The van der Waals surface area contributed by atoms with Crippen molar-refractivity contribution >= 4 is 0 Å². The topological polar surface area (TPSA) is 17.0 Å². The molecule has 106 valence electrons. The van der Waals surface area contributed by atoms with Crippen LogP contribution in [0.2, 0.25) is 0 Å². The van der Waals surface area contributed by atoms with E-state index in [0.29, 0.717) is 0 Å². The van der Waals surface area contributed by atoms with Crippen molar-refractivity contribution in [3.05, 3.63) is 59.9 Å². The van der Waals surface area contributed by atoms with E-state index in [2.05, 4.69) is 58.5 Å². The Labute approximate surface area is 121 Å². The summed E-state index contributed by atoms with van der Waals surface area (Å²) in [5.41, 5.74) is 2.88. The molecule has 0 radical (unpaired) electrons. The quantitative estimate of drug-likeness (QED) is 0.721. The molecule has 1 N–H and O–H groups in total.